The number of anilines is 2. The number of amides is 3. The highest BCUT2D eigenvalue weighted by atomic mass is 32.2. The largest absolute Gasteiger partial charge is 0.486 e. The standard InChI is InChI=1S/C30H35FN4O6S/c1-19-8-14-24(15-9-19)42(39,40)34(4)17-27-20(2)16-35(21(3)18-36)29(37)25-6-5-7-26(28(25)41-27)33-30(38)32-23-12-10-22(31)11-13-23/h5-15,20-21,27,36H,16-18H2,1-4H3,(H2,32,33,38)/t20-,21+,27-/m0/s1. The third-order valence-corrected chi connectivity index (χ3v) is 9.05. The van der Waals surface area contributed by atoms with Gasteiger partial charge in [-0.1, -0.05) is 30.7 Å². The number of carbonyl (C=O) groups excluding carboxylic acids is 2. The second-order valence-electron chi connectivity index (χ2n) is 10.5. The summed E-state index contributed by atoms with van der Waals surface area (Å²) in [7, 11) is -2.40. The molecule has 4 rings (SSSR count). The van der Waals surface area contributed by atoms with Crippen molar-refractivity contribution in [3.8, 4) is 5.75 Å². The zero-order valence-electron chi connectivity index (χ0n) is 23.9. The summed E-state index contributed by atoms with van der Waals surface area (Å²) in [6, 6.07) is 15.3. The molecule has 1 aliphatic rings. The summed E-state index contributed by atoms with van der Waals surface area (Å²) < 4.78 is 47.7. The van der Waals surface area contributed by atoms with Gasteiger partial charge in [-0.25, -0.2) is 17.6 Å². The van der Waals surface area contributed by atoms with Gasteiger partial charge in [0.2, 0.25) is 10.0 Å². The lowest BCUT2D eigenvalue weighted by atomic mass is 9.99. The number of rotatable bonds is 8. The number of sulfonamides is 1. The summed E-state index contributed by atoms with van der Waals surface area (Å²) in [6.07, 6.45) is -0.737. The number of fused-ring (bicyclic) bond motifs is 1. The Morgan fingerprint density at radius 2 is 1.79 bits per heavy atom. The van der Waals surface area contributed by atoms with Gasteiger partial charge in [-0.3, -0.25) is 4.79 Å². The van der Waals surface area contributed by atoms with E-state index in [1.165, 1.54) is 40.5 Å². The van der Waals surface area contributed by atoms with Crippen LogP contribution in [-0.2, 0) is 10.0 Å². The molecule has 0 unspecified atom stereocenters. The van der Waals surface area contributed by atoms with Gasteiger partial charge in [-0.05, 0) is 62.4 Å². The third kappa shape index (κ3) is 6.89. The molecule has 0 aromatic heterocycles. The molecule has 3 amide bonds. The monoisotopic (exact) mass is 598 g/mol. The molecule has 1 aliphatic heterocycles. The molecule has 224 valence electrons. The maximum atomic E-state index is 13.7. The lowest BCUT2D eigenvalue weighted by molar-refractivity contribution is 0.0389. The Balaban J connectivity index is 1.68. The highest BCUT2D eigenvalue weighted by Gasteiger charge is 2.36. The summed E-state index contributed by atoms with van der Waals surface area (Å²) in [5.41, 5.74) is 1.61. The van der Waals surface area contributed by atoms with Crippen molar-refractivity contribution >= 4 is 33.3 Å². The third-order valence-electron chi connectivity index (χ3n) is 7.21. The number of nitrogens with one attached hydrogen (secondary N) is 2. The normalized spacial score (nSPS) is 18.0. The number of hydrogen-bond acceptors (Lipinski definition) is 6. The molecule has 42 heavy (non-hydrogen) atoms. The van der Waals surface area contributed by atoms with Gasteiger partial charge in [0.05, 0.1) is 35.3 Å². The van der Waals surface area contributed by atoms with Crippen molar-refractivity contribution in [2.45, 2.75) is 37.8 Å². The number of benzene rings is 3. The number of halogens is 1. The van der Waals surface area contributed by atoms with Gasteiger partial charge in [0.25, 0.3) is 5.91 Å². The average Bonchev–Trinajstić information content (AvgIpc) is 2.96. The van der Waals surface area contributed by atoms with Crippen molar-refractivity contribution in [1.29, 1.82) is 0 Å². The van der Waals surface area contributed by atoms with Gasteiger partial charge in [0, 0.05) is 25.2 Å². The lowest BCUT2D eigenvalue weighted by Crippen LogP contribution is -2.50. The van der Waals surface area contributed by atoms with Gasteiger partial charge >= 0.3 is 6.03 Å². The van der Waals surface area contributed by atoms with Gasteiger partial charge in [-0.15, -0.1) is 0 Å². The van der Waals surface area contributed by atoms with Crippen molar-refractivity contribution < 1.29 is 32.2 Å². The summed E-state index contributed by atoms with van der Waals surface area (Å²) in [6.45, 7) is 5.29. The van der Waals surface area contributed by atoms with E-state index in [0.29, 0.717) is 5.69 Å². The number of urea groups is 1. The Kier molecular flexibility index (Phi) is 9.50. The Hall–Kier alpha value is -4.00. The number of para-hydroxylation sites is 1. The molecule has 3 aromatic carbocycles. The number of hydrogen-bond donors (Lipinski definition) is 3. The average molecular weight is 599 g/mol. The van der Waals surface area contributed by atoms with Gasteiger partial charge < -0.3 is 25.4 Å². The van der Waals surface area contributed by atoms with E-state index in [9.17, 15) is 27.5 Å². The second kappa shape index (κ2) is 12.9. The molecule has 3 aromatic rings. The quantitative estimate of drug-likeness (QED) is 0.354. The van der Waals surface area contributed by atoms with E-state index in [0.717, 1.165) is 5.56 Å². The first-order chi connectivity index (χ1) is 19.9. The first-order valence-electron chi connectivity index (χ1n) is 13.5. The first-order valence-corrected chi connectivity index (χ1v) is 14.9. The Morgan fingerprint density at radius 3 is 2.43 bits per heavy atom. The molecule has 0 spiro atoms. The van der Waals surface area contributed by atoms with Crippen LogP contribution in [0.2, 0.25) is 0 Å². The highest BCUT2D eigenvalue weighted by molar-refractivity contribution is 7.89. The minimum atomic E-state index is -3.86. The molecule has 0 fully saturated rings. The first kappa shape index (κ1) is 30.9. The van der Waals surface area contributed by atoms with Crippen LogP contribution in [0.25, 0.3) is 0 Å². The van der Waals surface area contributed by atoms with Crippen LogP contribution >= 0.6 is 0 Å². The van der Waals surface area contributed by atoms with Gasteiger partial charge in [0.1, 0.15) is 11.9 Å². The molecule has 3 N–H and O–H groups in total. The lowest BCUT2D eigenvalue weighted by Gasteiger charge is -2.38. The smallest absolute Gasteiger partial charge is 0.323 e. The van der Waals surface area contributed by atoms with Crippen LogP contribution in [0.3, 0.4) is 0 Å². The number of carbonyl (C=O) groups is 2. The molecule has 10 nitrogen and oxygen atoms in total. The van der Waals surface area contributed by atoms with E-state index < -0.39 is 39.9 Å². The molecular weight excluding hydrogens is 563 g/mol. The maximum absolute atomic E-state index is 13.7. The van der Waals surface area contributed by atoms with E-state index in [1.807, 2.05) is 13.8 Å². The van der Waals surface area contributed by atoms with Crippen molar-refractivity contribution in [3.05, 3.63) is 83.7 Å². The number of ether oxygens (including phenoxy) is 1. The SMILES string of the molecule is Cc1ccc(S(=O)(=O)N(C)C[C@@H]2Oc3c(NC(=O)Nc4ccc(F)cc4)cccc3C(=O)N([C@H](C)CO)C[C@@H]2C)cc1. The van der Waals surface area contributed by atoms with Gasteiger partial charge in [0.15, 0.2) is 5.75 Å². The predicted molar refractivity (Wildman–Crippen MR) is 158 cm³/mol. The number of nitrogens with zero attached hydrogens (tertiary/aromatic N) is 2. The summed E-state index contributed by atoms with van der Waals surface area (Å²) in [4.78, 5) is 28.2. The van der Waals surface area contributed by atoms with E-state index in [-0.39, 0.29) is 47.5 Å². The number of aryl methyl sites for hydroxylation is 1. The van der Waals surface area contributed by atoms with Crippen LogP contribution in [0.5, 0.6) is 5.75 Å². The minimum absolute atomic E-state index is 0.0531. The van der Waals surface area contributed by atoms with Crippen LogP contribution < -0.4 is 15.4 Å². The zero-order chi connectivity index (χ0) is 30.6. The zero-order valence-corrected chi connectivity index (χ0v) is 24.7. The molecule has 3 atom stereocenters. The van der Waals surface area contributed by atoms with Crippen molar-refractivity contribution in [2.24, 2.45) is 5.92 Å². The van der Waals surface area contributed by atoms with E-state index in [1.54, 1.807) is 49.4 Å². The van der Waals surface area contributed by atoms with Gasteiger partial charge in [-0.2, -0.15) is 4.31 Å². The molecule has 12 heteroatoms. The molecule has 1 heterocycles. The Morgan fingerprint density at radius 1 is 1.12 bits per heavy atom. The fourth-order valence-corrected chi connectivity index (χ4v) is 5.80. The molecule has 0 aliphatic carbocycles. The second-order valence-corrected chi connectivity index (χ2v) is 12.5. The Bertz CT molecular complexity index is 1530. The maximum Gasteiger partial charge on any atom is 0.323 e. The van der Waals surface area contributed by atoms with Crippen molar-refractivity contribution in [1.82, 2.24) is 9.21 Å². The Labute approximate surface area is 245 Å². The molecule has 0 saturated carbocycles. The number of likely N-dealkylation sites (N-methyl/N-ethyl adjacent to an activating group) is 1. The molecule has 0 bridgehead atoms. The summed E-state index contributed by atoms with van der Waals surface area (Å²) in [5, 5.41) is 15.2. The molecule has 0 saturated heterocycles. The minimum Gasteiger partial charge on any atom is -0.486 e. The van der Waals surface area contributed by atoms with E-state index >= 15 is 0 Å². The van der Waals surface area contributed by atoms with Crippen molar-refractivity contribution in [3.63, 3.8) is 0 Å². The van der Waals surface area contributed by atoms with E-state index in [2.05, 4.69) is 10.6 Å². The van der Waals surface area contributed by atoms with Crippen LogP contribution in [-0.4, -0.2) is 73.6 Å². The van der Waals surface area contributed by atoms with Crippen LogP contribution in [0, 0.1) is 18.7 Å². The van der Waals surface area contributed by atoms with E-state index in [4.69, 9.17) is 4.74 Å². The van der Waals surface area contributed by atoms with Crippen LogP contribution in [0.1, 0.15) is 29.8 Å². The van der Waals surface area contributed by atoms with Crippen LogP contribution in [0.4, 0.5) is 20.6 Å². The fourth-order valence-electron chi connectivity index (χ4n) is 4.62. The predicted octanol–water partition coefficient (Wildman–Crippen LogP) is 4.32. The number of aliphatic hydroxyl groups excluding tert-OH is 1. The van der Waals surface area contributed by atoms with Crippen LogP contribution in [0.15, 0.2) is 71.6 Å². The molecular formula is C30H35FN4O6S. The summed E-state index contributed by atoms with van der Waals surface area (Å²) in [5.74, 6) is -1.15. The number of aliphatic hydroxyl groups is 1. The highest BCUT2D eigenvalue weighted by Crippen LogP contribution is 2.35. The summed E-state index contributed by atoms with van der Waals surface area (Å²) >= 11 is 0. The molecule has 0 radical (unpaired) electrons. The fraction of sp³-hybridized carbons (Fsp3) is 0.333. The van der Waals surface area contributed by atoms with Crippen molar-refractivity contribution in [2.75, 3.05) is 37.4 Å². The topological polar surface area (TPSA) is 128 Å².